The van der Waals surface area contributed by atoms with Crippen LogP contribution >= 0.6 is 11.8 Å². The van der Waals surface area contributed by atoms with Gasteiger partial charge >= 0.3 is 0 Å². The van der Waals surface area contributed by atoms with Gasteiger partial charge in [0.05, 0.1) is 0 Å². The van der Waals surface area contributed by atoms with E-state index < -0.39 is 0 Å². The average Bonchev–Trinajstić information content (AvgIpc) is 2.64. The Balaban J connectivity index is 1.93. The second-order valence-corrected chi connectivity index (χ2v) is 4.44. The summed E-state index contributed by atoms with van der Waals surface area (Å²) < 4.78 is 0. The largest absolute Gasteiger partial charge is 0.162 e. The molecule has 1 heteroatoms. The van der Waals surface area contributed by atoms with Crippen molar-refractivity contribution >= 4 is 11.8 Å². The first kappa shape index (κ1) is 6.09. The van der Waals surface area contributed by atoms with Crippen molar-refractivity contribution in [3.8, 4) is 0 Å². The molecule has 0 radical (unpaired) electrons. The normalized spacial score (nSPS) is 48.3. The lowest BCUT2D eigenvalue weighted by Crippen LogP contribution is -2.10. The van der Waals surface area contributed by atoms with E-state index in [4.69, 9.17) is 0 Å². The van der Waals surface area contributed by atoms with Gasteiger partial charge in [-0.25, -0.2) is 0 Å². The van der Waals surface area contributed by atoms with E-state index in [1.807, 2.05) is 0 Å². The Bertz CT molecular complexity index is 111. The molecule has 0 bridgehead atoms. The van der Waals surface area contributed by atoms with Gasteiger partial charge in [0.2, 0.25) is 0 Å². The number of fused-ring (bicyclic) bond motifs is 1. The zero-order chi connectivity index (χ0) is 6.27. The topological polar surface area (TPSA) is 0 Å². The maximum Gasteiger partial charge on any atom is 0.00752 e. The molecule has 2 aliphatic carbocycles. The molecule has 0 N–H and O–H groups in total. The van der Waals surface area contributed by atoms with Crippen LogP contribution in [0.3, 0.4) is 0 Å². The first-order chi connectivity index (χ1) is 4.42. The molecule has 2 fully saturated rings. The lowest BCUT2D eigenvalue weighted by molar-refractivity contribution is 0.492. The molecule has 0 aromatic rings. The van der Waals surface area contributed by atoms with Gasteiger partial charge in [-0.15, -0.1) is 0 Å². The van der Waals surface area contributed by atoms with E-state index >= 15 is 0 Å². The molecule has 9 heavy (non-hydrogen) atoms. The van der Waals surface area contributed by atoms with E-state index in [1.165, 1.54) is 12.8 Å². The molecule has 2 aliphatic rings. The van der Waals surface area contributed by atoms with Crippen molar-refractivity contribution in [2.75, 3.05) is 6.26 Å². The van der Waals surface area contributed by atoms with Gasteiger partial charge in [-0.1, -0.05) is 12.8 Å². The van der Waals surface area contributed by atoms with Crippen molar-refractivity contribution in [1.82, 2.24) is 0 Å². The maximum atomic E-state index is 2.27. The fourth-order valence-corrected chi connectivity index (χ4v) is 3.23. The van der Waals surface area contributed by atoms with Crippen molar-refractivity contribution in [1.29, 1.82) is 0 Å². The fraction of sp³-hybridized carbons (Fsp3) is 1.00. The van der Waals surface area contributed by atoms with Crippen molar-refractivity contribution in [2.45, 2.75) is 30.9 Å². The quantitative estimate of drug-likeness (QED) is 0.542. The van der Waals surface area contributed by atoms with Crippen molar-refractivity contribution in [3.05, 3.63) is 0 Å². The molecule has 0 aromatic carbocycles. The zero-order valence-corrected chi connectivity index (χ0v) is 6.79. The summed E-state index contributed by atoms with van der Waals surface area (Å²) in [6.07, 6.45) is 8.38. The summed E-state index contributed by atoms with van der Waals surface area (Å²) >= 11 is 2.10. The van der Waals surface area contributed by atoms with E-state index in [0.29, 0.717) is 0 Å². The summed E-state index contributed by atoms with van der Waals surface area (Å²) in [4.78, 5) is 0. The first-order valence-corrected chi connectivity index (χ1v) is 5.23. The molecule has 3 unspecified atom stereocenters. The van der Waals surface area contributed by atoms with E-state index in [2.05, 4.69) is 18.0 Å². The molecule has 0 heterocycles. The van der Waals surface area contributed by atoms with Crippen LogP contribution in [0.5, 0.6) is 0 Å². The lowest BCUT2D eigenvalue weighted by atomic mass is 10.0. The molecule has 0 saturated heterocycles. The molecule has 3 atom stereocenters. The molecule has 0 amide bonds. The van der Waals surface area contributed by atoms with Gasteiger partial charge in [-0.05, 0) is 30.9 Å². The van der Waals surface area contributed by atoms with Gasteiger partial charge < -0.3 is 0 Å². The molecule has 0 aromatic heterocycles. The van der Waals surface area contributed by atoms with Crippen LogP contribution in [0.25, 0.3) is 0 Å². The minimum absolute atomic E-state index is 1.05. The van der Waals surface area contributed by atoms with Gasteiger partial charge in [-0.2, -0.15) is 11.8 Å². The summed E-state index contributed by atoms with van der Waals surface area (Å²) in [7, 11) is 0. The summed E-state index contributed by atoms with van der Waals surface area (Å²) in [5.41, 5.74) is 0. The number of thioether (sulfide) groups is 1. The van der Waals surface area contributed by atoms with Gasteiger partial charge in [0, 0.05) is 5.25 Å². The van der Waals surface area contributed by atoms with E-state index in [9.17, 15) is 0 Å². The minimum atomic E-state index is 1.05. The smallest absolute Gasteiger partial charge is 0.00752 e. The van der Waals surface area contributed by atoms with Crippen molar-refractivity contribution in [2.24, 2.45) is 11.8 Å². The third-order valence-corrected chi connectivity index (χ3v) is 4.01. The Kier molecular flexibility index (Phi) is 1.48. The molecule has 2 rings (SSSR count). The molecule has 0 spiro atoms. The van der Waals surface area contributed by atoms with Gasteiger partial charge in [0.15, 0.2) is 0 Å². The van der Waals surface area contributed by atoms with Crippen LogP contribution in [0.15, 0.2) is 0 Å². The van der Waals surface area contributed by atoms with E-state index in [0.717, 1.165) is 17.1 Å². The predicted molar refractivity (Wildman–Crippen MR) is 42.8 cm³/mol. The van der Waals surface area contributed by atoms with Gasteiger partial charge in [0.25, 0.3) is 0 Å². The SMILES string of the molecule is CSC1CCCC2CC21. The predicted octanol–water partition coefficient (Wildman–Crippen LogP) is 2.54. The Morgan fingerprint density at radius 2 is 2.22 bits per heavy atom. The molecule has 0 aliphatic heterocycles. The highest BCUT2D eigenvalue weighted by atomic mass is 32.2. The van der Waals surface area contributed by atoms with Crippen LogP contribution in [-0.4, -0.2) is 11.5 Å². The van der Waals surface area contributed by atoms with Crippen LogP contribution < -0.4 is 0 Å². The minimum Gasteiger partial charge on any atom is -0.162 e. The molecule has 0 nitrogen and oxygen atoms in total. The Hall–Kier alpha value is 0.350. The van der Waals surface area contributed by atoms with E-state index in [1.54, 1.807) is 12.8 Å². The third-order valence-electron chi connectivity index (χ3n) is 2.82. The second-order valence-electron chi connectivity index (χ2n) is 3.36. The third kappa shape index (κ3) is 1.000. The Morgan fingerprint density at radius 1 is 1.33 bits per heavy atom. The summed E-state index contributed by atoms with van der Waals surface area (Å²) in [5, 5.41) is 1.05. The number of hydrogen-bond acceptors (Lipinski definition) is 1. The Morgan fingerprint density at radius 3 is 2.89 bits per heavy atom. The zero-order valence-electron chi connectivity index (χ0n) is 5.97. The summed E-state index contributed by atoms with van der Waals surface area (Å²) in [6, 6.07) is 0. The standard InChI is InChI=1S/C8H14S/c1-9-8-4-2-3-6-5-7(6)8/h6-8H,2-5H2,1H3. The molecule has 2 saturated carbocycles. The highest BCUT2D eigenvalue weighted by molar-refractivity contribution is 7.99. The molecular weight excluding hydrogens is 128 g/mol. The van der Waals surface area contributed by atoms with Crippen LogP contribution in [0, 0.1) is 11.8 Å². The lowest BCUT2D eigenvalue weighted by Gasteiger charge is -2.18. The fourth-order valence-electron chi connectivity index (χ4n) is 2.15. The van der Waals surface area contributed by atoms with Crippen molar-refractivity contribution in [3.63, 3.8) is 0 Å². The second kappa shape index (κ2) is 2.19. The summed E-state index contributed by atoms with van der Waals surface area (Å²) in [5.74, 6) is 2.31. The molecular formula is C8H14S. The average molecular weight is 142 g/mol. The van der Waals surface area contributed by atoms with E-state index in [-0.39, 0.29) is 0 Å². The number of hydrogen-bond donors (Lipinski definition) is 0. The van der Waals surface area contributed by atoms with Crippen molar-refractivity contribution < 1.29 is 0 Å². The Labute approximate surface area is 61.4 Å². The monoisotopic (exact) mass is 142 g/mol. The maximum absolute atomic E-state index is 2.27. The van der Waals surface area contributed by atoms with Crippen LogP contribution in [0.1, 0.15) is 25.7 Å². The summed E-state index contributed by atoms with van der Waals surface area (Å²) in [6.45, 7) is 0. The van der Waals surface area contributed by atoms with Crippen LogP contribution in [0.4, 0.5) is 0 Å². The molecule has 52 valence electrons. The number of rotatable bonds is 1. The highest BCUT2D eigenvalue weighted by Crippen LogP contribution is 2.52. The van der Waals surface area contributed by atoms with Crippen LogP contribution in [0.2, 0.25) is 0 Å². The van der Waals surface area contributed by atoms with Gasteiger partial charge in [0.1, 0.15) is 0 Å². The highest BCUT2D eigenvalue weighted by Gasteiger charge is 2.44. The van der Waals surface area contributed by atoms with Gasteiger partial charge in [-0.3, -0.25) is 0 Å². The first-order valence-electron chi connectivity index (χ1n) is 3.94. The van der Waals surface area contributed by atoms with Crippen LogP contribution in [-0.2, 0) is 0 Å².